The number of carbonyl (C=O) groups is 3. The number of rotatable bonds is 8. The van der Waals surface area contributed by atoms with Gasteiger partial charge in [0.1, 0.15) is 5.69 Å². The second kappa shape index (κ2) is 11.8. The molecule has 9 nitrogen and oxygen atoms in total. The van der Waals surface area contributed by atoms with Crippen molar-refractivity contribution in [3.63, 3.8) is 0 Å². The van der Waals surface area contributed by atoms with Gasteiger partial charge in [-0.05, 0) is 52.6 Å². The molecule has 0 spiro atoms. The summed E-state index contributed by atoms with van der Waals surface area (Å²) in [5.74, 6) is -0.788. The van der Waals surface area contributed by atoms with Gasteiger partial charge in [0.05, 0.1) is 17.6 Å². The summed E-state index contributed by atoms with van der Waals surface area (Å²) in [4.78, 5) is 48.2. The van der Waals surface area contributed by atoms with Gasteiger partial charge in [0.15, 0.2) is 0 Å². The molecule has 2 N–H and O–H groups in total. The Hall–Kier alpha value is -2.39. The third-order valence-electron chi connectivity index (χ3n) is 6.92. The van der Waals surface area contributed by atoms with Crippen molar-refractivity contribution < 1.29 is 19.1 Å². The normalized spacial score (nSPS) is 19.9. The van der Waals surface area contributed by atoms with Crippen LogP contribution in [0.25, 0.3) is 0 Å². The van der Waals surface area contributed by atoms with Gasteiger partial charge in [-0.3, -0.25) is 14.5 Å². The summed E-state index contributed by atoms with van der Waals surface area (Å²) in [6.45, 7) is 17.1. The van der Waals surface area contributed by atoms with Gasteiger partial charge in [-0.25, -0.2) is 4.79 Å². The fraction of sp³-hybridized carbons (Fsp3) is 0.720. The largest absolute Gasteiger partial charge is 0.459 e. The average Bonchev–Trinajstić information content (AvgIpc) is 3.12. The zero-order valence-electron chi connectivity index (χ0n) is 21.4. The number of piperidine rings is 1. The molecule has 2 saturated heterocycles. The lowest BCUT2D eigenvalue weighted by atomic mass is 9.96. The Balaban J connectivity index is 1.53. The molecule has 190 valence electrons. The summed E-state index contributed by atoms with van der Waals surface area (Å²) in [7, 11) is 0. The van der Waals surface area contributed by atoms with E-state index >= 15 is 0 Å². The van der Waals surface area contributed by atoms with Gasteiger partial charge in [-0.15, -0.1) is 0 Å². The number of nitrogens with zero attached hydrogens (tertiary/aromatic N) is 3. The van der Waals surface area contributed by atoms with Gasteiger partial charge in [-0.1, -0.05) is 6.92 Å². The SMILES string of the molecule is CCN1CCN(CCNC(=O)C2CCCN(C(=O)c3[nH]c(C)c(C(=O)OC(C)C)c3C)C2)CC1. The summed E-state index contributed by atoms with van der Waals surface area (Å²) in [5.41, 5.74) is 2.05. The van der Waals surface area contributed by atoms with Gasteiger partial charge in [0.2, 0.25) is 5.91 Å². The molecule has 34 heavy (non-hydrogen) atoms. The van der Waals surface area contributed by atoms with Crippen molar-refractivity contribution in [2.75, 3.05) is 58.9 Å². The highest BCUT2D eigenvalue weighted by molar-refractivity contribution is 6.00. The molecule has 1 atom stereocenters. The minimum atomic E-state index is -0.424. The number of hydrogen-bond donors (Lipinski definition) is 2. The molecule has 0 radical (unpaired) electrons. The van der Waals surface area contributed by atoms with Crippen molar-refractivity contribution in [3.8, 4) is 0 Å². The van der Waals surface area contributed by atoms with E-state index in [0.717, 1.165) is 52.1 Å². The predicted molar refractivity (Wildman–Crippen MR) is 131 cm³/mol. The number of likely N-dealkylation sites (N-methyl/N-ethyl adjacent to an activating group) is 1. The van der Waals surface area contributed by atoms with Crippen LogP contribution in [0.2, 0.25) is 0 Å². The van der Waals surface area contributed by atoms with Gasteiger partial charge < -0.3 is 24.8 Å². The van der Waals surface area contributed by atoms with Crippen LogP contribution in [-0.4, -0.2) is 102 Å². The number of aromatic amines is 1. The van der Waals surface area contributed by atoms with Crippen LogP contribution in [-0.2, 0) is 9.53 Å². The number of likely N-dealkylation sites (tertiary alicyclic amines) is 1. The smallest absolute Gasteiger partial charge is 0.340 e. The summed E-state index contributed by atoms with van der Waals surface area (Å²) in [6.07, 6.45) is 1.33. The van der Waals surface area contributed by atoms with Crippen molar-refractivity contribution in [1.82, 2.24) is 25.0 Å². The highest BCUT2D eigenvalue weighted by Gasteiger charge is 2.32. The predicted octanol–water partition coefficient (Wildman–Crippen LogP) is 1.80. The van der Waals surface area contributed by atoms with Gasteiger partial charge >= 0.3 is 5.97 Å². The Morgan fingerprint density at radius 3 is 2.41 bits per heavy atom. The Bertz CT molecular complexity index is 873. The highest BCUT2D eigenvalue weighted by atomic mass is 16.5. The van der Waals surface area contributed by atoms with E-state index < -0.39 is 5.97 Å². The number of nitrogens with one attached hydrogen (secondary N) is 2. The van der Waals surface area contributed by atoms with E-state index in [4.69, 9.17) is 4.74 Å². The molecule has 2 fully saturated rings. The van der Waals surface area contributed by atoms with Crippen molar-refractivity contribution in [3.05, 3.63) is 22.5 Å². The molecule has 2 aliphatic rings. The first-order valence-electron chi connectivity index (χ1n) is 12.6. The Morgan fingerprint density at radius 2 is 1.76 bits per heavy atom. The molecule has 3 heterocycles. The summed E-state index contributed by atoms with van der Waals surface area (Å²) < 4.78 is 5.33. The van der Waals surface area contributed by atoms with Gasteiger partial charge in [0, 0.05) is 58.1 Å². The van der Waals surface area contributed by atoms with E-state index in [-0.39, 0.29) is 23.8 Å². The topological polar surface area (TPSA) is 98.0 Å². The highest BCUT2D eigenvalue weighted by Crippen LogP contribution is 2.24. The van der Waals surface area contributed by atoms with Crippen LogP contribution in [0, 0.1) is 19.8 Å². The van der Waals surface area contributed by atoms with Crippen molar-refractivity contribution in [2.45, 2.75) is 53.6 Å². The summed E-state index contributed by atoms with van der Waals surface area (Å²) in [6, 6.07) is 0. The average molecular weight is 476 g/mol. The van der Waals surface area contributed by atoms with Crippen LogP contribution >= 0.6 is 0 Å². The standard InChI is InChI=1S/C25H41N5O4/c1-6-28-12-14-29(15-13-28)11-9-26-23(31)20-8-7-10-30(16-20)24(32)22-18(4)21(19(5)27-22)25(33)34-17(2)3/h17,20,27H,6-16H2,1-5H3,(H,26,31). The van der Waals surface area contributed by atoms with Gasteiger partial charge in [-0.2, -0.15) is 0 Å². The van der Waals surface area contributed by atoms with Crippen LogP contribution in [0.5, 0.6) is 0 Å². The molecule has 0 saturated carbocycles. The number of aryl methyl sites for hydroxylation is 1. The van der Waals surface area contributed by atoms with E-state index in [1.165, 1.54) is 0 Å². The fourth-order valence-corrected chi connectivity index (χ4v) is 4.89. The maximum absolute atomic E-state index is 13.3. The molecular formula is C25H41N5O4. The first-order valence-corrected chi connectivity index (χ1v) is 12.6. The number of piperazine rings is 1. The lowest BCUT2D eigenvalue weighted by molar-refractivity contribution is -0.126. The zero-order chi connectivity index (χ0) is 24.8. The van der Waals surface area contributed by atoms with Crippen molar-refractivity contribution >= 4 is 17.8 Å². The molecule has 0 bridgehead atoms. The fourth-order valence-electron chi connectivity index (χ4n) is 4.89. The van der Waals surface area contributed by atoms with Crippen molar-refractivity contribution in [2.24, 2.45) is 5.92 Å². The van der Waals surface area contributed by atoms with Crippen LogP contribution in [0.15, 0.2) is 0 Å². The third kappa shape index (κ3) is 6.39. The van der Waals surface area contributed by atoms with Crippen LogP contribution < -0.4 is 5.32 Å². The molecular weight excluding hydrogens is 434 g/mol. The maximum atomic E-state index is 13.3. The minimum absolute atomic E-state index is 0.0188. The Labute approximate surface area is 203 Å². The van der Waals surface area contributed by atoms with Crippen LogP contribution in [0.4, 0.5) is 0 Å². The zero-order valence-corrected chi connectivity index (χ0v) is 21.4. The number of carbonyl (C=O) groups excluding carboxylic acids is 3. The number of hydrogen-bond acceptors (Lipinski definition) is 6. The molecule has 1 aromatic rings. The second-order valence-electron chi connectivity index (χ2n) is 9.74. The third-order valence-corrected chi connectivity index (χ3v) is 6.92. The van der Waals surface area contributed by atoms with Crippen LogP contribution in [0.3, 0.4) is 0 Å². The van der Waals surface area contributed by atoms with E-state index in [0.29, 0.717) is 42.1 Å². The monoisotopic (exact) mass is 475 g/mol. The number of ether oxygens (including phenoxy) is 1. The molecule has 1 aromatic heterocycles. The number of aromatic nitrogens is 1. The molecule has 0 aliphatic carbocycles. The molecule has 0 aromatic carbocycles. The number of H-pyrrole nitrogens is 1. The Morgan fingerprint density at radius 1 is 1.09 bits per heavy atom. The molecule has 2 aliphatic heterocycles. The number of esters is 1. The lowest BCUT2D eigenvalue weighted by Gasteiger charge is -2.34. The Kier molecular flexibility index (Phi) is 9.13. The first kappa shape index (κ1) is 26.2. The lowest BCUT2D eigenvalue weighted by Crippen LogP contribution is -2.49. The van der Waals surface area contributed by atoms with Crippen molar-refractivity contribution in [1.29, 1.82) is 0 Å². The first-order chi connectivity index (χ1) is 16.2. The van der Waals surface area contributed by atoms with E-state index in [1.807, 2.05) is 0 Å². The van der Waals surface area contributed by atoms with Crippen LogP contribution in [0.1, 0.15) is 65.7 Å². The molecule has 1 unspecified atom stereocenters. The minimum Gasteiger partial charge on any atom is -0.459 e. The quantitative estimate of drug-likeness (QED) is 0.557. The maximum Gasteiger partial charge on any atom is 0.340 e. The molecule has 2 amide bonds. The summed E-state index contributed by atoms with van der Waals surface area (Å²) in [5, 5.41) is 3.08. The van der Waals surface area contributed by atoms with E-state index in [9.17, 15) is 14.4 Å². The molecule has 9 heteroatoms. The number of amides is 2. The van der Waals surface area contributed by atoms with E-state index in [1.54, 1.807) is 32.6 Å². The summed E-state index contributed by atoms with van der Waals surface area (Å²) >= 11 is 0. The molecule has 3 rings (SSSR count). The second-order valence-corrected chi connectivity index (χ2v) is 9.74. The van der Waals surface area contributed by atoms with E-state index in [2.05, 4.69) is 27.0 Å². The van der Waals surface area contributed by atoms with Gasteiger partial charge in [0.25, 0.3) is 5.91 Å².